The molecule has 2 bridgehead atoms. The molecular weight excluding hydrogens is 316 g/mol. The van der Waals surface area contributed by atoms with E-state index >= 15 is 0 Å². The van der Waals surface area contributed by atoms with E-state index in [1.165, 1.54) is 12.7 Å². The zero-order valence-corrected chi connectivity index (χ0v) is 13.3. The smallest absolute Gasteiger partial charge is 0.229 e. The molecule has 8 heteroatoms. The molecule has 1 aromatic heterocycles. The normalized spacial score (nSPS) is 28.4. The standard InChI is InChI=1S/C15H18N6O.ClH/c16-14-10-5-4-9(6-10)13(14)15(22)18-11-2-1-3-12(7-11)21-8-17-19-20-21;/h1-3,7-10,13-14H,4-6,16H2,(H,18,22);1H. The summed E-state index contributed by atoms with van der Waals surface area (Å²) in [7, 11) is 0. The Morgan fingerprint density at radius 2 is 2.13 bits per heavy atom. The molecule has 1 heterocycles. The zero-order valence-electron chi connectivity index (χ0n) is 12.5. The third-order valence-electron chi connectivity index (χ3n) is 5.01. The average Bonchev–Trinajstić information content (AvgIpc) is 3.24. The Kier molecular flexibility index (Phi) is 4.32. The predicted molar refractivity (Wildman–Crippen MR) is 87.3 cm³/mol. The van der Waals surface area contributed by atoms with Crippen LogP contribution in [0.4, 0.5) is 5.69 Å². The number of carbonyl (C=O) groups excluding carboxylic acids is 1. The van der Waals surface area contributed by atoms with Gasteiger partial charge in [-0.15, -0.1) is 17.5 Å². The quantitative estimate of drug-likeness (QED) is 0.884. The lowest BCUT2D eigenvalue weighted by Gasteiger charge is -2.27. The summed E-state index contributed by atoms with van der Waals surface area (Å²) in [6, 6.07) is 7.47. The summed E-state index contributed by atoms with van der Waals surface area (Å²) in [4.78, 5) is 12.6. The molecule has 1 aromatic carbocycles. The van der Waals surface area contributed by atoms with Crippen molar-refractivity contribution in [1.82, 2.24) is 20.2 Å². The van der Waals surface area contributed by atoms with Crippen LogP contribution in [0.15, 0.2) is 30.6 Å². The van der Waals surface area contributed by atoms with Gasteiger partial charge in [-0.25, -0.2) is 4.68 Å². The fourth-order valence-electron chi connectivity index (χ4n) is 3.96. The Bertz CT molecular complexity index is 689. The van der Waals surface area contributed by atoms with Crippen LogP contribution < -0.4 is 11.1 Å². The van der Waals surface area contributed by atoms with Crippen molar-refractivity contribution < 1.29 is 4.79 Å². The largest absolute Gasteiger partial charge is 0.327 e. The molecule has 23 heavy (non-hydrogen) atoms. The van der Waals surface area contributed by atoms with Crippen LogP contribution in [0.3, 0.4) is 0 Å². The van der Waals surface area contributed by atoms with Crippen molar-refractivity contribution in [2.75, 3.05) is 5.32 Å². The van der Waals surface area contributed by atoms with Crippen LogP contribution in [0.5, 0.6) is 0 Å². The zero-order chi connectivity index (χ0) is 15.1. The van der Waals surface area contributed by atoms with Crippen molar-refractivity contribution in [1.29, 1.82) is 0 Å². The van der Waals surface area contributed by atoms with Gasteiger partial charge in [0.05, 0.1) is 11.6 Å². The van der Waals surface area contributed by atoms with Gasteiger partial charge in [0.1, 0.15) is 6.33 Å². The number of nitrogens with two attached hydrogens (primary N) is 1. The number of carbonyl (C=O) groups is 1. The summed E-state index contributed by atoms with van der Waals surface area (Å²) in [5.41, 5.74) is 7.78. The van der Waals surface area contributed by atoms with Gasteiger partial charge in [0.25, 0.3) is 0 Å². The number of fused-ring (bicyclic) bond motifs is 2. The number of nitrogens with zero attached hydrogens (tertiary/aromatic N) is 4. The SMILES string of the molecule is Cl.NC1C2CCC(C2)C1C(=O)Nc1cccc(-n2cnnn2)c1. The minimum absolute atomic E-state index is 0. The first kappa shape index (κ1) is 15.9. The number of benzene rings is 1. The molecule has 3 N–H and O–H groups in total. The number of anilines is 1. The maximum Gasteiger partial charge on any atom is 0.229 e. The highest BCUT2D eigenvalue weighted by Gasteiger charge is 2.49. The molecule has 2 aliphatic carbocycles. The van der Waals surface area contributed by atoms with Gasteiger partial charge in [0, 0.05) is 11.7 Å². The number of aromatic nitrogens is 4. The van der Waals surface area contributed by atoms with Crippen molar-refractivity contribution in [2.45, 2.75) is 25.3 Å². The Labute approximate surface area is 140 Å². The summed E-state index contributed by atoms with van der Waals surface area (Å²) in [6.45, 7) is 0. The van der Waals surface area contributed by atoms with Crippen LogP contribution in [0, 0.1) is 17.8 Å². The van der Waals surface area contributed by atoms with E-state index in [-0.39, 0.29) is 30.3 Å². The van der Waals surface area contributed by atoms with E-state index in [4.69, 9.17) is 5.73 Å². The summed E-state index contributed by atoms with van der Waals surface area (Å²) in [6.07, 6.45) is 4.92. The van der Waals surface area contributed by atoms with Crippen molar-refractivity contribution in [3.8, 4) is 5.69 Å². The van der Waals surface area contributed by atoms with E-state index in [1.807, 2.05) is 24.3 Å². The fourth-order valence-corrected chi connectivity index (χ4v) is 3.96. The third-order valence-corrected chi connectivity index (χ3v) is 5.01. The second kappa shape index (κ2) is 6.25. The maximum atomic E-state index is 12.6. The Balaban J connectivity index is 0.00000156. The molecule has 7 nitrogen and oxygen atoms in total. The van der Waals surface area contributed by atoms with Crippen LogP contribution in [-0.2, 0) is 4.79 Å². The summed E-state index contributed by atoms with van der Waals surface area (Å²) < 4.78 is 1.55. The molecule has 0 saturated heterocycles. The van der Waals surface area contributed by atoms with Gasteiger partial charge < -0.3 is 11.1 Å². The molecule has 2 fully saturated rings. The van der Waals surface area contributed by atoms with Gasteiger partial charge in [-0.1, -0.05) is 6.07 Å². The first-order valence-corrected chi connectivity index (χ1v) is 7.62. The van der Waals surface area contributed by atoms with Crippen molar-refractivity contribution in [3.05, 3.63) is 30.6 Å². The van der Waals surface area contributed by atoms with Crippen LogP contribution >= 0.6 is 12.4 Å². The highest BCUT2D eigenvalue weighted by molar-refractivity contribution is 5.93. The van der Waals surface area contributed by atoms with Gasteiger partial charge in [-0.3, -0.25) is 4.79 Å². The Morgan fingerprint density at radius 1 is 1.30 bits per heavy atom. The van der Waals surface area contributed by atoms with Crippen molar-refractivity contribution in [2.24, 2.45) is 23.5 Å². The van der Waals surface area contributed by atoms with E-state index in [0.29, 0.717) is 11.8 Å². The Hall–Kier alpha value is -1.99. The number of amides is 1. The summed E-state index contributed by atoms with van der Waals surface area (Å²) in [5.74, 6) is 0.944. The first-order valence-electron chi connectivity index (χ1n) is 7.62. The van der Waals surface area contributed by atoms with Crippen LogP contribution in [-0.4, -0.2) is 32.2 Å². The second-order valence-electron chi connectivity index (χ2n) is 6.23. The molecule has 2 aromatic rings. The van der Waals surface area contributed by atoms with Crippen LogP contribution in [0.1, 0.15) is 19.3 Å². The lowest BCUT2D eigenvalue weighted by molar-refractivity contribution is -0.121. The number of nitrogens with one attached hydrogen (secondary N) is 1. The van der Waals surface area contributed by atoms with E-state index in [0.717, 1.165) is 24.2 Å². The van der Waals surface area contributed by atoms with Gasteiger partial charge >= 0.3 is 0 Å². The molecule has 2 saturated carbocycles. The third kappa shape index (κ3) is 2.82. The molecule has 2 aliphatic rings. The molecule has 4 unspecified atom stereocenters. The molecule has 1 amide bonds. The molecule has 122 valence electrons. The molecule has 0 aliphatic heterocycles. The highest BCUT2D eigenvalue weighted by atomic mass is 35.5. The highest BCUT2D eigenvalue weighted by Crippen LogP contribution is 2.47. The minimum Gasteiger partial charge on any atom is -0.327 e. The van der Waals surface area contributed by atoms with Crippen molar-refractivity contribution >= 4 is 24.0 Å². The van der Waals surface area contributed by atoms with Gasteiger partial charge in [-0.2, -0.15) is 0 Å². The van der Waals surface area contributed by atoms with Crippen LogP contribution in [0.25, 0.3) is 5.69 Å². The lowest BCUT2D eigenvalue weighted by atomic mass is 9.84. The number of hydrogen-bond donors (Lipinski definition) is 2. The number of hydrogen-bond acceptors (Lipinski definition) is 5. The van der Waals surface area contributed by atoms with Gasteiger partial charge in [0.2, 0.25) is 5.91 Å². The van der Waals surface area contributed by atoms with Crippen molar-refractivity contribution in [3.63, 3.8) is 0 Å². The van der Waals surface area contributed by atoms with E-state index in [9.17, 15) is 4.79 Å². The van der Waals surface area contributed by atoms with Gasteiger partial charge in [-0.05, 0) is 59.7 Å². The number of tetrazole rings is 1. The molecular formula is C15H19ClN6O. The monoisotopic (exact) mass is 334 g/mol. The molecule has 0 spiro atoms. The second-order valence-corrected chi connectivity index (χ2v) is 6.23. The average molecular weight is 335 g/mol. The van der Waals surface area contributed by atoms with E-state index < -0.39 is 0 Å². The molecule has 0 radical (unpaired) electrons. The molecule has 4 rings (SSSR count). The molecule has 4 atom stereocenters. The van der Waals surface area contributed by atoms with Crippen LogP contribution in [0.2, 0.25) is 0 Å². The minimum atomic E-state index is -0.0598. The Morgan fingerprint density at radius 3 is 2.83 bits per heavy atom. The van der Waals surface area contributed by atoms with E-state index in [2.05, 4.69) is 20.8 Å². The number of rotatable bonds is 3. The van der Waals surface area contributed by atoms with E-state index in [1.54, 1.807) is 4.68 Å². The maximum absolute atomic E-state index is 12.6. The van der Waals surface area contributed by atoms with Gasteiger partial charge in [0.15, 0.2) is 0 Å². The predicted octanol–water partition coefficient (Wildman–Crippen LogP) is 1.40. The summed E-state index contributed by atoms with van der Waals surface area (Å²) in [5, 5.41) is 14.1. The number of halogens is 1. The first-order chi connectivity index (χ1) is 10.7. The topological polar surface area (TPSA) is 98.7 Å². The lowest BCUT2D eigenvalue weighted by Crippen LogP contribution is -2.42. The fraction of sp³-hybridized carbons (Fsp3) is 0.467. The summed E-state index contributed by atoms with van der Waals surface area (Å²) >= 11 is 0.